The van der Waals surface area contributed by atoms with Crippen molar-refractivity contribution >= 4 is 22.8 Å². The van der Waals surface area contributed by atoms with Crippen LogP contribution in [0.5, 0.6) is 11.6 Å². The third kappa shape index (κ3) is 3.47. The van der Waals surface area contributed by atoms with Gasteiger partial charge in [-0.3, -0.25) is 9.78 Å². The van der Waals surface area contributed by atoms with Gasteiger partial charge < -0.3 is 19.8 Å². The van der Waals surface area contributed by atoms with Crippen molar-refractivity contribution in [3.63, 3.8) is 0 Å². The van der Waals surface area contributed by atoms with E-state index in [1.54, 1.807) is 51.0 Å². The van der Waals surface area contributed by atoms with Gasteiger partial charge in [0.05, 0.1) is 19.9 Å². The fourth-order valence-electron chi connectivity index (χ4n) is 3.21. The number of aromatic amines is 1. The van der Waals surface area contributed by atoms with Crippen LogP contribution in [0.15, 0.2) is 48.9 Å². The average Bonchev–Trinajstić information content (AvgIpc) is 3.13. The lowest BCUT2D eigenvalue weighted by Gasteiger charge is -2.08. The second kappa shape index (κ2) is 7.59. The smallest absolute Gasteiger partial charge is 0.222 e. The summed E-state index contributed by atoms with van der Waals surface area (Å²) < 4.78 is 10.7. The van der Waals surface area contributed by atoms with Crippen LogP contribution in [0.3, 0.4) is 0 Å². The molecule has 0 atom stereocenters. The zero-order chi connectivity index (χ0) is 20.4. The van der Waals surface area contributed by atoms with Crippen molar-refractivity contribution in [3.05, 3.63) is 48.9 Å². The molecule has 29 heavy (non-hydrogen) atoms. The summed E-state index contributed by atoms with van der Waals surface area (Å²) in [6, 6.07) is 9.19. The maximum absolute atomic E-state index is 11.4. The van der Waals surface area contributed by atoms with Crippen molar-refractivity contribution in [3.8, 4) is 34.0 Å². The third-order valence-electron chi connectivity index (χ3n) is 4.46. The molecule has 0 fully saturated rings. The number of aromatic nitrogens is 4. The van der Waals surface area contributed by atoms with Gasteiger partial charge in [0.2, 0.25) is 11.8 Å². The van der Waals surface area contributed by atoms with Gasteiger partial charge in [-0.1, -0.05) is 0 Å². The molecular weight excluding hydrogens is 370 g/mol. The van der Waals surface area contributed by atoms with Crippen LogP contribution in [-0.4, -0.2) is 40.1 Å². The van der Waals surface area contributed by atoms with E-state index in [4.69, 9.17) is 9.47 Å². The average molecular weight is 389 g/mol. The first-order chi connectivity index (χ1) is 14.1. The topological polar surface area (TPSA) is 102 Å². The first-order valence-electron chi connectivity index (χ1n) is 8.90. The normalized spacial score (nSPS) is 10.7. The molecule has 0 radical (unpaired) electrons. The van der Waals surface area contributed by atoms with Crippen molar-refractivity contribution in [2.45, 2.75) is 6.92 Å². The van der Waals surface area contributed by atoms with Gasteiger partial charge in [0, 0.05) is 54.3 Å². The Bertz CT molecular complexity index is 1180. The first kappa shape index (κ1) is 18.4. The molecular formula is C21H19N5O3. The van der Waals surface area contributed by atoms with Gasteiger partial charge in [0.25, 0.3) is 0 Å². The van der Waals surface area contributed by atoms with Gasteiger partial charge in [0.15, 0.2) is 0 Å². The highest BCUT2D eigenvalue weighted by Crippen LogP contribution is 2.40. The molecule has 4 aromatic heterocycles. The Hall–Kier alpha value is -3.94. The Morgan fingerprint density at radius 2 is 1.83 bits per heavy atom. The minimum absolute atomic E-state index is 0.186. The fraction of sp³-hybridized carbons (Fsp3) is 0.143. The second-order valence-corrected chi connectivity index (χ2v) is 6.31. The molecule has 0 aromatic carbocycles. The highest BCUT2D eigenvalue weighted by molar-refractivity contribution is 6.03. The first-order valence-corrected chi connectivity index (χ1v) is 8.90. The van der Waals surface area contributed by atoms with E-state index in [1.807, 2.05) is 12.1 Å². The number of amides is 1. The molecule has 2 N–H and O–H groups in total. The van der Waals surface area contributed by atoms with Crippen LogP contribution in [-0.2, 0) is 4.79 Å². The van der Waals surface area contributed by atoms with E-state index < -0.39 is 0 Å². The maximum Gasteiger partial charge on any atom is 0.222 e. The number of carbonyl (C=O) groups excluding carboxylic acids is 1. The molecule has 4 rings (SSSR count). The van der Waals surface area contributed by atoms with Crippen molar-refractivity contribution in [2.24, 2.45) is 0 Å². The highest BCUT2D eigenvalue weighted by Gasteiger charge is 2.19. The van der Waals surface area contributed by atoms with E-state index in [-0.39, 0.29) is 5.91 Å². The van der Waals surface area contributed by atoms with Crippen LogP contribution < -0.4 is 14.8 Å². The van der Waals surface area contributed by atoms with Crippen LogP contribution in [0.4, 0.5) is 5.82 Å². The molecule has 0 bridgehead atoms. The van der Waals surface area contributed by atoms with Crippen LogP contribution >= 0.6 is 0 Å². The van der Waals surface area contributed by atoms with E-state index in [2.05, 4.69) is 25.3 Å². The predicted octanol–water partition coefficient (Wildman–Crippen LogP) is 3.66. The summed E-state index contributed by atoms with van der Waals surface area (Å²) in [4.78, 5) is 28.0. The minimum Gasteiger partial charge on any atom is -0.494 e. The molecule has 0 spiro atoms. The zero-order valence-electron chi connectivity index (χ0n) is 16.2. The SMILES string of the molecule is COc1ccc(-c2c(-c3ccnc(NC(C)=O)c3)[nH]c3c(OC)ccnc23)cn1. The molecule has 0 saturated carbocycles. The Morgan fingerprint density at radius 1 is 1.00 bits per heavy atom. The highest BCUT2D eigenvalue weighted by atomic mass is 16.5. The van der Waals surface area contributed by atoms with Gasteiger partial charge in [-0.15, -0.1) is 0 Å². The Morgan fingerprint density at radius 3 is 2.52 bits per heavy atom. The number of pyridine rings is 3. The molecule has 0 unspecified atom stereocenters. The van der Waals surface area contributed by atoms with E-state index in [0.29, 0.717) is 17.4 Å². The maximum atomic E-state index is 11.4. The largest absolute Gasteiger partial charge is 0.494 e. The molecule has 1 amide bonds. The summed E-state index contributed by atoms with van der Waals surface area (Å²) in [6.07, 6.45) is 5.09. The summed E-state index contributed by atoms with van der Waals surface area (Å²) >= 11 is 0. The summed E-state index contributed by atoms with van der Waals surface area (Å²) in [7, 11) is 3.19. The van der Waals surface area contributed by atoms with E-state index in [0.717, 1.165) is 33.4 Å². The molecule has 0 saturated heterocycles. The molecule has 0 aliphatic rings. The summed E-state index contributed by atoms with van der Waals surface area (Å²) in [5.41, 5.74) is 4.92. The van der Waals surface area contributed by atoms with Crippen LogP contribution in [0.25, 0.3) is 33.4 Å². The van der Waals surface area contributed by atoms with Crippen molar-refractivity contribution in [1.29, 1.82) is 0 Å². The van der Waals surface area contributed by atoms with Gasteiger partial charge in [0.1, 0.15) is 22.6 Å². The summed E-state index contributed by atoms with van der Waals surface area (Å²) in [5.74, 6) is 1.49. The molecule has 0 aliphatic carbocycles. The van der Waals surface area contributed by atoms with Crippen LogP contribution in [0.2, 0.25) is 0 Å². The van der Waals surface area contributed by atoms with Crippen molar-refractivity contribution in [1.82, 2.24) is 19.9 Å². The number of ether oxygens (including phenoxy) is 2. The van der Waals surface area contributed by atoms with Crippen LogP contribution in [0, 0.1) is 0 Å². The van der Waals surface area contributed by atoms with Crippen molar-refractivity contribution in [2.75, 3.05) is 19.5 Å². The number of methoxy groups -OCH3 is 2. The monoisotopic (exact) mass is 389 g/mol. The van der Waals surface area contributed by atoms with E-state index >= 15 is 0 Å². The number of rotatable bonds is 5. The number of carbonyl (C=O) groups is 1. The van der Waals surface area contributed by atoms with Crippen molar-refractivity contribution < 1.29 is 14.3 Å². The van der Waals surface area contributed by atoms with E-state index in [1.165, 1.54) is 6.92 Å². The number of anilines is 1. The zero-order valence-corrected chi connectivity index (χ0v) is 16.2. The third-order valence-corrected chi connectivity index (χ3v) is 4.46. The Kier molecular flexibility index (Phi) is 4.82. The van der Waals surface area contributed by atoms with E-state index in [9.17, 15) is 4.79 Å². The van der Waals surface area contributed by atoms with Gasteiger partial charge in [-0.25, -0.2) is 9.97 Å². The molecule has 8 heteroatoms. The lowest BCUT2D eigenvalue weighted by Crippen LogP contribution is -2.07. The van der Waals surface area contributed by atoms with Gasteiger partial charge >= 0.3 is 0 Å². The number of H-pyrrole nitrogens is 1. The molecule has 0 aliphatic heterocycles. The number of hydrogen-bond donors (Lipinski definition) is 2. The standard InChI is InChI=1S/C21H19N5O3/c1-12(27)25-16-10-13(6-8-22-16)19-18(14-4-5-17(29-3)24-11-14)21-20(26-19)15(28-2)7-9-23-21/h4-11,26H,1-3H3,(H,22,25,27). The molecule has 4 heterocycles. The van der Waals surface area contributed by atoms with Gasteiger partial charge in [-0.05, 0) is 18.2 Å². The number of nitrogens with zero attached hydrogens (tertiary/aromatic N) is 3. The molecule has 8 nitrogen and oxygen atoms in total. The lowest BCUT2D eigenvalue weighted by atomic mass is 10.0. The van der Waals surface area contributed by atoms with Gasteiger partial charge in [-0.2, -0.15) is 0 Å². The Labute approximate surface area is 166 Å². The fourth-order valence-corrected chi connectivity index (χ4v) is 3.21. The summed E-state index contributed by atoms with van der Waals surface area (Å²) in [6.45, 7) is 1.44. The minimum atomic E-state index is -0.186. The number of fused-ring (bicyclic) bond motifs is 1. The van der Waals surface area contributed by atoms with Crippen LogP contribution in [0.1, 0.15) is 6.92 Å². The predicted molar refractivity (Wildman–Crippen MR) is 110 cm³/mol. The second-order valence-electron chi connectivity index (χ2n) is 6.31. The number of hydrogen-bond acceptors (Lipinski definition) is 6. The molecule has 4 aromatic rings. The molecule has 146 valence electrons. The summed E-state index contributed by atoms with van der Waals surface area (Å²) in [5, 5.41) is 2.71. The quantitative estimate of drug-likeness (QED) is 0.540. The lowest BCUT2D eigenvalue weighted by molar-refractivity contribution is -0.114. The number of nitrogens with one attached hydrogen (secondary N) is 2. The Balaban J connectivity index is 1.96.